The summed E-state index contributed by atoms with van der Waals surface area (Å²) in [7, 11) is 0. The number of hydrogen-bond donors (Lipinski definition) is 0. The van der Waals surface area contributed by atoms with Crippen molar-refractivity contribution in [1.29, 1.82) is 0 Å². The van der Waals surface area contributed by atoms with Gasteiger partial charge < -0.3 is 6.16 Å². The van der Waals surface area contributed by atoms with E-state index in [1.807, 2.05) is 0 Å². The molecule has 44 valence electrons. The van der Waals surface area contributed by atoms with Crippen molar-refractivity contribution in [1.82, 2.24) is 0 Å². The number of esters is 2. The quantitative estimate of drug-likeness (QED) is 0.236. The zero-order chi connectivity index (χ0) is 5.86. The molecular formula is C4H7NaO3Zn. The van der Waals surface area contributed by atoms with Crippen molar-refractivity contribution in [2.24, 2.45) is 0 Å². The Morgan fingerprint density at radius 3 is 1.44 bits per heavy atom. The van der Waals surface area contributed by atoms with E-state index in [-0.39, 0.29) is 50.5 Å². The minimum absolute atomic E-state index is 0. The molecule has 0 aliphatic rings. The van der Waals surface area contributed by atoms with Gasteiger partial charge in [0, 0.05) is 33.3 Å². The molecule has 0 heterocycles. The molecule has 0 aromatic carbocycles. The Bertz CT molecular complexity index is 96.7. The van der Waals surface area contributed by atoms with Gasteiger partial charge in [0.25, 0.3) is 0 Å². The van der Waals surface area contributed by atoms with Gasteiger partial charge >= 0.3 is 41.5 Å². The van der Waals surface area contributed by atoms with Gasteiger partial charge in [-0.15, -0.1) is 0 Å². The summed E-state index contributed by atoms with van der Waals surface area (Å²) < 4.78 is 3.97. The monoisotopic (exact) mass is 190 g/mol. The summed E-state index contributed by atoms with van der Waals surface area (Å²) in [5.74, 6) is -1.12. The zero-order valence-corrected chi connectivity index (χ0v) is 10.9. The summed E-state index contributed by atoms with van der Waals surface area (Å²) in [5, 5.41) is 0. The molecule has 0 saturated carbocycles. The molecule has 0 spiro atoms. The average Bonchev–Trinajstić information content (AvgIpc) is 1.27. The summed E-state index contributed by atoms with van der Waals surface area (Å²) >= 11 is 0. The van der Waals surface area contributed by atoms with Crippen molar-refractivity contribution < 1.29 is 64.8 Å². The standard InChI is InChI=1S/C4H6O3.Na.Zn.H/c1-3(5)7-4(2)6;;;/h1-2H3;;;/q;+1;;-1. The van der Waals surface area contributed by atoms with Crippen LogP contribution in [0.25, 0.3) is 0 Å². The van der Waals surface area contributed by atoms with Crippen LogP contribution in [0.2, 0.25) is 0 Å². The number of carbonyl (C=O) groups excluding carboxylic acids is 2. The van der Waals surface area contributed by atoms with Gasteiger partial charge in [-0.2, -0.15) is 0 Å². The van der Waals surface area contributed by atoms with E-state index in [4.69, 9.17) is 0 Å². The van der Waals surface area contributed by atoms with E-state index in [1.165, 1.54) is 13.8 Å². The molecule has 0 aliphatic carbocycles. The Balaban J connectivity index is -0.0000000600. The largest absolute Gasteiger partial charge is 1.00 e. The maximum Gasteiger partial charge on any atom is 1.00 e. The van der Waals surface area contributed by atoms with Crippen molar-refractivity contribution in [3.8, 4) is 0 Å². The second-order valence-electron chi connectivity index (χ2n) is 1.09. The van der Waals surface area contributed by atoms with Gasteiger partial charge in [0.05, 0.1) is 0 Å². The topological polar surface area (TPSA) is 43.4 Å². The van der Waals surface area contributed by atoms with Crippen molar-refractivity contribution in [3.05, 3.63) is 0 Å². The van der Waals surface area contributed by atoms with Crippen LogP contribution in [0, 0.1) is 0 Å². The minimum Gasteiger partial charge on any atom is -1.00 e. The molecule has 0 atom stereocenters. The van der Waals surface area contributed by atoms with E-state index in [1.54, 1.807) is 0 Å². The van der Waals surface area contributed by atoms with Crippen LogP contribution in [0.4, 0.5) is 0 Å². The molecule has 0 aromatic rings. The van der Waals surface area contributed by atoms with Crippen LogP contribution in [-0.2, 0) is 33.8 Å². The van der Waals surface area contributed by atoms with Crippen LogP contribution in [0.15, 0.2) is 0 Å². The first-order valence-corrected chi connectivity index (χ1v) is 1.82. The van der Waals surface area contributed by atoms with Crippen molar-refractivity contribution in [2.75, 3.05) is 0 Å². The molecule has 0 rings (SSSR count). The number of ether oxygens (including phenoxy) is 1. The van der Waals surface area contributed by atoms with Gasteiger partial charge in [0.2, 0.25) is 0 Å². The molecule has 9 heavy (non-hydrogen) atoms. The summed E-state index contributed by atoms with van der Waals surface area (Å²) in [5.41, 5.74) is 0. The smallest absolute Gasteiger partial charge is 1.00 e. The third-order valence-corrected chi connectivity index (χ3v) is 0.287. The van der Waals surface area contributed by atoms with E-state index in [0.717, 1.165) is 0 Å². The molecule has 0 aromatic heterocycles. The molecular weight excluding hydrogens is 184 g/mol. The molecule has 0 unspecified atom stereocenters. The first-order valence-electron chi connectivity index (χ1n) is 1.82. The molecule has 3 nitrogen and oxygen atoms in total. The van der Waals surface area contributed by atoms with Crippen LogP contribution in [0.5, 0.6) is 0 Å². The van der Waals surface area contributed by atoms with E-state index < -0.39 is 11.9 Å². The number of hydrogen-bond acceptors (Lipinski definition) is 3. The maximum atomic E-state index is 9.81. The van der Waals surface area contributed by atoms with Crippen LogP contribution < -0.4 is 29.6 Å². The number of rotatable bonds is 0. The Hall–Kier alpha value is 0.763. The molecule has 0 fully saturated rings. The van der Waals surface area contributed by atoms with Crippen molar-refractivity contribution in [2.45, 2.75) is 13.8 Å². The van der Waals surface area contributed by atoms with E-state index in [0.29, 0.717) is 0 Å². The summed E-state index contributed by atoms with van der Waals surface area (Å²) in [6.45, 7) is 2.36. The maximum absolute atomic E-state index is 9.81. The summed E-state index contributed by atoms with van der Waals surface area (Å²) in [4.78, 5) is 19.6. The molecule has 0 bridgehead atoms. The fraction of sp³-hybridized carbons (Fsp3) is 0.500. The predicted octanol–water partition coefficient (Wildman–Crippen LogP) is -2.79. The SMILES string of the molecule is CC(=O)OC(C)=O.[H-].[Na+].[Zn]. The molecule has 0 amide bonds. The fourth-order valence-corrected chi connectivity index (χ4v) is 0.202. The Kier molecular flexibility index (Phi) is 16.0. The van der Waals surface area contributed by atoms with E-state index in [9.17, 15) is 9.59 Å². The molecule has 0 saturated heterocycles. The predicted molar refractivity (Wildman–Crippen MR) is 23.6 cm³/mol. The van der Waals surface area contributed by atoms with Crippen LogP contribution in [0.1, 0.15) is 15.3 Å². The molecule has 0 N–H and O–H groups in total. The first kappa shape index (κ1) is 16.4. The molecule has 0 radical (unpaired) electrons. The van der Waals surface area contributed by atoms with Gasteiger partial charge in [-0.1, -0.05) is 0 Å². The van der Waals surface area contributed by atoms with Gasteiger partial charge in [-0.05, 0) is 0 Å². The number of carbonyl (C=O) groups is 2. The summed E-state index contributed by atoms with van der Waals surface area (Å²) in [6.07, 6.45) is 0. The van der Waals surface area contributed by atoms with Gasteiger partial charge in [-0.25, -0.2) is 0 Å². The normalized spacial score (nSPS) is 6.00. The van der Waals surface area contributed by atoms with Crippen LogP contribution in [-0.4, -0.2) is 11.9 Å². The molecule has 0 aliphatic heterocycles. The third kappa shape index (κ3) is 17.7. The Morgan fingerprint density at radius 2 is 1.44 bits per heavy atom. The first-order chi connectivity index (χ1) is 3.13. The van der Waals surface area contributed by atoms with Crippen LogP contribution in [0.3, 0.4) is 0 Å². The second-order valence-corrected chi connectivity index (χ2v) is 1.09. The van der Waals surface area contributed by atoms with Crippen molar-refractivity contribution >= 4 is 11.9 Å². The Morgan fingerprint density at radius 1 is 1.22 bits per heavy atom. The molecule has 5 heteroatoms. The van der Waals surface area contributed by atoms with Crippen molar-refractivity contribution in [3.63, 3.8) is 0 Å². The average molecular weight is 191 g/mol. The zero-order valence-electron chi connectivity index (χ0n) is 6.93. The summed E-state index contributed by atoms with van der Waals surface area (Å²) in [6, 6.07) is 0. The second kappa shape index (κ2) is 8.76. The third-order valence-electron chi connectivity index (χ3n) is 0.287. The van der Waals surface area contributed by atoms with Gasteiger partial charge in [0.15, 0.2) is 0 Å². The minimum atomic E-state index is -0.562. The van der Waals surface area contributed by atoms with Gasteiger partial charge in [-0.3, -0.25) is 9.59 Å². The van der Waals surface area contributed by atoms with Gasteiger partial charge in [0.1, 0.15) is 0 Å². The fourth-order valence-electron chi connectivity index (χ4n) is 0.202. The van der Waals surface area contributed by atoms with E-state index >= 15 is 0 Å². The Labute approximate surface area is 90.1 Å². The van der Waals surface area contributed by atoms with Crippen LogP contribution >= 0.6 is 0 Å². The van der Waals surface area contributed by atoms with E-state index in [2.05, 4.69) is 4.74 Å².